The largest absolute Gasteiger partial charge is 0.311 e. The van der Waals surface area contributed by atoms with Crippen LogP contribution in [0.5, 0.6) is 0 Å². The number of allylic oxidation sites excluding steroid dienone is 2. The van der Waals surface area contributed by atoms with E-state index in [-0.39, 0.29) is 17.4 Å². The zero-order chi connectivity index (χ0) is 13.2. The fraction of sp³-hybridized carbons (Fsp3) is 0.688. The van der Waals surface area contributed by atoms with E-state index in [1.165, 1.54) is 32.1 Å². The van der Waals surface area contributed by atoms with Crippen molar-refractivity contribution < 1.29 is 4.79 Å². The molecule has 100 valence electrons. The molecular formula is C16H25NO. The molecule has 1 amide bonds. The third-order valence-corrected chi connectivity index (χ3v) is 4.00. The predicted octanol–water partition coefficient (Wildman–Crippen LogP) is 3.89. The zero-order valence-electron chi connectivity index (χ0n) is 11.9. The first kappa shape index (κ1) is 13.4. The van der Waals surface area contributed by atoms with Gasteiger partial charge in [-0.15, -0.1) is 0 Å². The van der Waals surface area contributed by atoms with Gasteiger partial charge in [-0.05, 0) is 24.8 Å². The van der Waals surface area contributed by atoms with Crippen molar-refractivity contribution in [2.45, 2.75) is 58.9 Å². The van der Waals surface area contributed by atoms with E-state index < -0.39 is 0 Å². The van der Waals surface area contributed by atoms with E-state index in [1.54, 1.807) is 0 Å². The molecule has 0 bridgehead atoms. The topological polar surface area (TPSA) is 20.3 Å². The van der Waals surface area contributed by atoms with Crippen molar-refractivity contribution in [2.75, 3.05) is 0 Å². The Morgan fingerprint density at radius 1 is 1.11 bits per heavy atom. The normalized spacial score (nSPS) is 25.5. The molecule has 1 saturated carbocycles. The summed E-state index contributed by atoms with van der Waals surface area (Å²) in [7, 11) is 0. The van der Waals surface area contributed by atoms with E-state index in [1.807, 2.05) is 37.9 Å². The molecule has 0 aromatic heterocycles. The van der Waals surface area contributed by atoms with E-state index in [0.29, 0.717) is 5.92 Å². The number of amides is 1. The second-order valence-corrected chi connectivity index (χ2v) is 6.58. The first-order valence-electron chi connectivity index (χ1n) is 7.18. The van der Waals surface area contributed by atoms with Crippen molar-refractivity contribution in [2.24, 2.45) is 11.3 Å². The lowest BCUT2D eigenvalue weighted by molar-refractivity contribution is -0.139. The number of carbonyl (C=O) groups excluding carboxylic acids is 1. The molecule has 1 atom stereocenters. The molecule has 0 aromatic rings. The Kier molecular flexibility index (Phi) is 3.94. The smallest absolute Gasteiger partial charge is 0.232 e. The average molecular weight is 247 g/mol. The van der Waals surface area contributed by atoms with Gasteiger partial charge in [0, 0.05) is 11.6 Å². The lowest BCUT2D eigenvalue weighted by atomic mass is 9.81. The van der Waals surface area contributed by atoms with Crippen molar-refractivity contribution in [3.8, 4) is 0 Å². The summed E-state index contributed by atoms with van der Waals surface area (Å²) >= 11 is 0. The van der Waals surface area contributed by atoms with Gasteiger partial charge >= 0.3 is 0 Å². The highest BCUT2D eigenvalue weighted by molar-refractivity contribution is 5.83. The Morgan fingerprint density at radius 2 is 1.78 bits per heavy atom. The number of hydrogen-bond donors (Lipinski definition) is 0. The molecular weight excluding hydrogens is 222 g/mol. The van der Waals surface area contributed by atoms with Crippen molar-refractivity contribution in [1.82, 2.24) is 4.90 Å². The molecule has 2 aliphatic rings. The Morgan fingerprint density at radius 3 is 2.39 bits per heavy atom. The maximum Gasteiger partial charge on any atom is 0.232 e. The molecule has 1 aliphatic carbocycles. The summed E-state index contributed by atoms with van der Waals surface area (Å²) in [4.78, 5) is 14.5. The van der Waals surface area contributed by atoms with Gasteiger partial charge in [-0.25, -0.2) is 0 Å². The van der Waals surface area contributed by atoms with Crippen LogP contribution in [0.15, 0.2) is 24.4 Å². The Balaban J connectivity index is 2.14. The Labute approximate surface area is 111 Å². The third-order valence-electron chi connectivity index (χ3n) is 4.00. The number of hydrogen-bond acceptors (Lipinski definition) is 1. The van der Waals surface area contributed by atoms with Crippen LogP contribution in [0.4, 0.5) is 0 Å². The van der Waals surface area contributed by atoms with Gasteiger partial charge < -0.3 is 4.90 Å². The summed E-state index contributed by atoms with van der Waals surface area (Å²) in [6.45, 7) is 6.00. The quantitative estimate of drug-likeness (QED) is 0.688. The van der Waals surface area contributed by atoms with Crippen molar-refractivity contribution in [1.29, 1.82) is 0 Å². The molecule has 0 saturated heterocycles. The van der Waals surface area contributed by atoms with Crippen LogP contribution in [-0.2, 0) is 4.79 Å². The number of carbonyl (C=O) groups is 1. The van der Waals surface area contributed by atoms with Gasteiger partial charge in [-0.3, -0.25) is 4.79 Å². The summed E-state index contributed by atoms with van der Waals surface area (Å²) in [6, 6.07) is 0.280. The summed E-state index contributed by atoms with van der Waals surface area (Å²) in [6.07, 6.45) is 14.7. The summed E-state index contributed by atoms with van der Waals surface area (Å²) in [5.41, 5.74) is -0.303. The van der Waals surface area contributed by atoms with Crippen molar-refractivity contribution in [3.05, 3.63) is 24.4 Å². The molecule has 0 N–H and O–H groups in total. The minimum absolute atomic E-state index is 0.235. The Hall–Kier alpha value is -1.05. The minimum atomic E-state index is -0.303. The summed E-state index contributed by atoms with van der Waals surface area (Å²) in [5, 5.41) is 0. The van der Waals surface area contributed by atoms with Crippen LogP contribution >= 0.6 is 0 Å². The maximum atomic E-state index is 12.5. The molecule has 0 spiro atoms. The fourth-order valence-electron chi connectivity index (χ4n) is 2.96. The van der Waals surface area contributed by atoms with E-state index >= 15 is 0 Å². The average Bonchev–Trinajstić information content (AvgIpc) is 2.38. The maximum absolute atomic E-state index is 12.5. The first-order valence-corrected chi connectivity index (χ1v) is 7.18. The zero-order valence-corrected chi connectivity index (χ0v) is 11.9. The van der Waals surface area contributed by atoms with Gasteiger partial charge in [0.2, 0.25) is 5.91 Å². The molecule has 2 rings (SSSR count). The molecule has 2 nitrogen and oxygen atoms in total. The monoisotopic (exact) mass is 247 g/mol. The molecule has 1 unspecified atom stereocenters. The minimum Gasteiger partial charge on any atom is -0.311 e. The number of nitrogens with zero attached hydrogens (tertiary/aromatic N) is 1. The Bertz CT molecular complexity index is 356. The van der Waals surface area contributed by atoms with Gasteiger partial charge in [0.15, 0.2) is 0 Å². The fourth-order valence-corrected chi connectivity index (χ4v) is 2.96. The van der Waals surface area contributed by atoms with Gasteiger partial charge in [-0.2, -0.15) is 0 Å². The van der Waals surface area contributed by atoms with Gasteiger partial charge in [-0.1, -0.05) is 52.2 Å². The van der Waals surface area contributed by atoms with Gasteiger partial charge in [0.25, 0.3) is 0 Å². The molecule has 2 heteroatoms. The lowest BCUT2D eigenvalue weighted by Gasteiger charge is -2.39. The second-order valence-electron chi connectivity index (χ2n) is 6.58. The van der Waals surface area contributed by atoms with E-state index in [0.717, 1.165) is 0 Å². The SMILES string of the molecule is CC(C)(C)C(=O)N1C=CC=CC1C1CCCCC1. The van der Waals surface area contributed by atoms with Crippen LogP contribution in [-0.4, -0.2) is 16.8 Å². The molecule has 18 heavy (non-hydrogen) atoms. The first-order chi connectivity index (χ1) is 8.50. The lowest BCUT2D eigenvalue weighted by Crippen LogP contribution is -2.46. The summed E-state index contributed by atoms with van der Waals surface area (Å²) in [5.74, 6) is 0.880. The number of rotatable bonds is 1. The van der Waals surface area contributed by atoms with Crippen LogP contribution in [0.1, 0.15) is 52.9 Å². The molecule has 1 heterocycles. The van der Waals surface area contributed by atoms with Crippen molar-refractivity contribution in [3.63, 3.8) is 0 Å². The predicted molar refractivity (Wildman–Crippen MR) is 74.9 cm³/mol. The molecule has 0 aromatic carbocycles. The van der Waals surface area contributed by atoms with Crippen LogP contribution in [0, 0.1) is 11.3 Å². The van der Waals surface area contributed by atoms with Gasteiger partial charge in [0.1, 0.15) is 0 Å². The molecule has 1 fully saturated rings. The van der Waals surface area contributed by atoms with Crippen LogP contribution < -0.4 is 0 Å². The van der Waals surface area contributed by atoms with Crippen molar-refractivity contribution >= 4 is 5.91 Å². The highest BCUT2D eigenvalue weighted by Gasteiger charge is 2.34. The third kappa shape index (κ3) is 2.85. The highest BCUT2D eigenvalue weighted by Crippen LogP contribution is 2.33. The standard InChI is InChI=1S/C16H25NO/c1-16(2,3)15(18)17-12-8-7-11-14(17)13-9-5-4-6-10-13/h7-8,11-14H,4-6,9-10H2,1-3H3. The van der Waals surface area contributed by atoms with Crippen LogP contribution in [0.2, 0.25) is 0 Å². The van der Waals surface area contributed by atoms with Gasteiger partial charge in [0.05, 0.1) is 6.04 Å². The molecule has 0 radical (unpaired) electrons. The second kappa shape index (κ2) is 5.29. The van der Waals surface area contributed by atoms with E-state index in [9.17, 15) is 4.79 Å². The summed E-state index contributed by atoms with van der Waals surface area (Å²) < 4.78 is 0. The van der Waals surface area contributed by atoms with E-state index in [4.69, 9.17) is 0 Å². The van der Waals surface area contributed by atoms with Crippen LogP contribution in [0.25, 0.3) is 0 Å². The highest BCUT2D eigenvalue weighted by atomic mass is 16.2. The molecule has 1 aliphatic heterocycles. The van der Waals surface area contributed by atoms with E-state index in [2.05, 4.69) is 12.2 Å². The van der Waals surface area contributed by atoms with Crippen LogP contribution in [0.3, 0.4) is 0 Å².